The molecule has 148 valence electrons. The SMILES string of the molecule is O=C(O)C(c1ccccc1)c1ccc(C(O)(c2ccccc2)c2ccccc2)cc1. The standard InChI is InChI=1S/C27H22O3/c28-26(29)25(20-10-4-1-5-11-20)21-16-18-24(19-17-21)27(30,22-12-6-2-7-13-22)23-14-8-3-9-15-23/h1-19,25,30H,(H,28,29). The molecule has 4 rings (SSSR count). The van der Waals surface area contributed by atoms with Crippen molar-refractivity contribution in [2.24, 2.45) is 0 Å². The zero-order chi connectivity index (χ0) is 21.0. The maximum absolute atomic E-state index is 12.0. The van der Waals surface area contributed by atoms with Crippen molar-refractivity contribution in [3.8, 4) is 0 Å². The third-order valence-corrected chi connectivity index (χ3v) is 5.42. The molecule has 3 heteroatoms. The molecule has 4 aromatic rings. The van der Waals surface area contributed by atoms with E-state index in [9.17, 15) is 15.0 Å². The lowest BCUT2D eigenvalue weighted by atomic mass is 9.79. The molecule has 0 saturated carbocycles. The van der Waals surface area contributed by atoms with E-state index < -0.39 is 17.5 Å². The number of hydrogen-bond donors (Lipinski definition) is 2. The Hall–Kier alpha value is -3.69. The number of carboxylic acid groups (broad SMARTS) is 1. The van der Waals surface area contributed by atoms with E-state index in [0.29, 0.717) is 11.1 Å². The average Bonchev–Trinajstić information content (AvgIpc) is 2.81. The fraction of sp³-hybridized carbons (Fsp3) is 0.0741. The van der Waals surface area contributed by atoms with E-state index in [0.717, 1.165) is 16.7 Å². The maximum atomic E-state index is 12.0. The third-order valence-electron chi connectivity index (χ3n) is 5.42. The van der Waals surface area contributed by atoms with Crippen molar-refractivity contribution >= 4 is 5.97 Å². The highest BCUT2D eigenvalue weighted by atomic mass is 16.4. The molecule has 0 aliphatic heterocycles. The summed E-state index contributed by atoms with van der Waals surface area (Å²) in [7, 11) is 0. The molecule has 1 unspecified atom stereocenters. The molecule has 0 aliphatic carbocycles. The average molecular weight is 394 g/mol. The second-order valence-electron chi connectivity index (χ2n) is 7.25. The predicted octanol–water partition coefficient (Wildman–Crippen LogP) is 5.19. The quantitative estimate of drug-likeness (QED) is 0.443. The van der Waals surface area contributed by atoms with Gasteiger partial charge in [0.1, 0.15) is 11.5 Å². The Kier molecular flexibility index (Phi) is 5.46. The third kappa shape index (κ3) is 3.63. The van der Waals surface area contributed by atoms with Gasteiger partial charge in [-0.2, -0.15) is 0 Å². The van der Waals surface area contributed by atoms with Crippen molar-refractivity contribution in [2.75, 3.05) is 0 Å². The minimum atomic E-state index is -1.34. The summed E-state index contributed by atoms with van der Waals surface area (Å²) < 4.78 is 0. The summed E-state index contributed by atoms with van der Waals surface area (Å²) in [6, 6.07) is 35.4. The van der Waals surface area contributed by atoms with Crippen molar-refractivity contribution in [3.63, 3.8) is 0 Å². The molecular formula is C27H22O3. The highest BCUT2D eigenvalue weighted by Crippen LogP contribution is 2.37. The summed E-state index contributed by atoms with van der Waals surface area (Å²) in [6.07, 6.45) is 0. The zero-order valence-corrected chi connectivity index (χ0v) is 16.3. The molecule has 0 radical (unpaired) electrons. The fourth-order valence-electron chi connectivity index (χ4n) is 3.90. The molecule has 0 saturated heterocycles. The lowest BCUT2D eigenvalue weighted by molar-refractivity contribution is -0.137. The number of carboxylic acids is 1. The lowest BCUT2D eigenvalue weighted by Gasteiger charge is -2.30. The van der Waals surface area contributed by atoms with Crippen molar-refractivity contribution in [3.05, 3.63) is 143 Å². The van der Waals surface area contributed by atoms with Crippen LogP contribution in [0.2, 0.25) is 0 Å². The van der Waals surface area contributed by atoms with Crippen LogP contribution >= 0.6 is 0 Å². The van der Waals surface area contributed by atoms with Gasteiger partial charge in [0.2, 0.25) is 0 Å². The van der Waals surface area contributed by atoms with Crippen LogP contribution in [-0.4, -0.2) is 16.2 Å². The largest absolute Gasteiger partial charge is 0.481 e. The van der Waals surface area contributed by atoms with Crippen LogP contribution in [0, 0.1) is 0 Å². The summed E-state index contributed by atoms with van der Waals surface area (Å²) in [5.74, 6) is -1.67. The zero-order valence-electron chi connectivity index (χ0n) is 16.3. The van der Waals surface area contributed by atoms with Crippen molar-refractivity contribution < 1.29 is 15.0 Å². The van der Waals surface area contributed by atoms with Gasteiger partial charge in [0, 0.05) is 0 Å². The van der Waals surface area contributed by atoms with E-state index in [-0.39, 0.29) is 0 Å². The lowest BCUT2D eigenvalue weighted by Crippen LogP contribution is -2.28. The number of aliphatic hydroxyl groups is 1. The Morgan fingerprint density at radius 1 is 0.567 bits per heavy atom. The van der Waals surface area contributed by atoms with Crippen LogP contribution in [0.5, 0.6) is 0 Å². The fourth-order valence-corrected chi connectivity index (χ4v) is 3.90. The Morgan fingerprint density at radius 3 is 1.37 bits per heavy atom. The normalized spacial score (nSPS) is 12.3. The smallest absolute Gasteiger partial charge is 0.315 e. The van der Waals surface area contributed by atoms with Crippen LogP contribution in [0.3, 0.4) is 0 Å². The van der Waals surface area contributed by atoms with Gasteiger partial charge in [0.05, 0.1) is 0 Å². The van der Waals surface area contributed by atoms with Gasteiger partial charge in [-0.15, -0.1) is 0 Å². The molecule has 0 amide bonds. The molecular weight excluding hydrogens is 372 g/mol. The highest BCUT2D eigenvalue weighted by molar-refractivity contribution is 5.80. The number of carbonyl (C=O) groups is 1. The van der Waals surface area contributed by atoms with Crippen LogP contribution in [0.15, 0.2) is 115 Å². The van der Waals surface area contributed by atoms with Crippen LogP contribution in [-0.2, 0) is 10.4 Å². The summed E-state index contributed by atoms with van der Waals surface area (Å²) in [5, 5.41) is 21.7. The molecule has 2 N–H and O–H groups in total. The molecule has 0 aromatic heterocycles. The Balaban J connectivity index is 1.80. The first-order chi connectivity index (χ1) is 14.6. The maximum Gasteiger partial charge on any atom is 0.315 e. The molecule has 0 fully saturated rings. The van der Waals surface area contributed by atoms with Crippen LogP contribution in [0.4, 0.5) is 0 Å². The number of rotatable bonds is 6. The molecule has 0 heterocycles. The summed E-state index contributed by atoms with van der Waals surface area (Å²) in [6.45, 7) is 0. The van der Waals surface area contributed by atoms with Gasteiger partial charge in [-0.3, -0.25) is 4.79 Å². The van der Waals surface area contributed by atoms with Crippen LogP contribution in [0.25, 0.3) is 0 Å². The predicted molar refractivity (Wildman–Crippen MR) is 117 cm³/mol. The summed E-state index contributed by atoms with van der Waals surface area (Å²) in [4.78, 5) is 12.0. The van der Waals surface area contributed by atoms with Gasteiger partial charge in [-0.25, -0.2) is 0 Å². The number of benzene rings is 4. The van der Waals surface area contributed by atoms with Gasteiger partial charge in [0.25, 0.3) is 0 Å². The Bertz CT molecular complexity index is 1070. The summed E-state index contributed by atoms with van der Waals surface area (Å²) >= 11 is 0. The Labute approximate surface area is 175 Å². The van der Waals surface area contributed by atoms with E-state index >= 15 is 0 Å². The molecule has 0 aliphatic rings. The molecule has 30 heavy (non-hydrogen) atoms. The van der Waals surface area contributed by atoms with E-state index in [1.54, 1.807) is 12.1 Å². The molecule has 1 atom stereocenters. The minimum Gasteiger partial charge on any atom is -0.481 e. The summed E-state index contributed by atoms with van der Waals surface area (Å²) in [5.41, 5.74) is 2.23. The topological polar surface area (TPSA) is 57.5 Å². The second-order valence-corrected chi connectivity index (χ2v) is 7.25. The minimum absolute atomic E-state index is 0.668. The van der Waals surface area contributed by atoms with Crippen molar-refractivity contribution in [1.29, 1.82) is 0 Å². The van der Waals surface area contributed by atoms with Gasteiger partial charge in [0.15, 0.2) is 0 Å². The highest BCUT2D eigenvalue weighted by Gasteiger charge is 2.34. The van der Waals surface area contributed by atoms with Gasteiger partial charge >= 0.3 is 5.97 Å². The molecule has 0 bridgehead atoms. The van der Waals surface area contributed by atoms with E-state index in [4.69, 9.17) is 0 Å². The van der Waals surface area contributed by atoms with Gasteiger partial charge in [-0.1, -0.05) is 115 Å². The van der Waals surface area contributed by atoms with Gasteiger partial charge in [-0.05, 0) is 27.8 Å². The number of aliphatic carboxylic acids is 1. The second kappa shape index (κ2) is 8.36. The molecule has 4 aromatic carbocycles. The van der Waals surface area contributed by atoms with E-state index in [1.807, 2.05) is 103 Å². The first-order valence-corrected chi connectivity index (χ1v) is 9.82. The molecule has 0 spiro atoms. The van der Waals surface area contributed by atoms with Crippen LogP contribution in [0.1, 0.15) is 33.7 Å². The van der Waals surface area contributed by atoms with Crippen molar-refractivity contribution in [1.82, 2.24) is 0 Å². The van der Waals surface area contributed by atoms with E-state index in [2.05, 4.69) is 0 Å². The van der Waals surface area contributed by atoms with E-state index in [1.165, 1.54) is 0 Å². The van der Waals surface area contributed by atoms with Crippen molar-refractivity contribution in [2.45, 2.75) is 11.5 Å². The first-order valence-electron chi connectivity index (χ1n) is 9.82. The molecule has 3 nitrogen and oxygen atoms in total. The Morgan fingerprint density at radius 2 is 0.933 bits per heavy atom. The monoisotopic (exact) mass is 394 g/mol. The van der Waals surface area contributed by atoms with Gasteiger partial charge < -0.3 is 10.2 Å². The number of hydrogen-bond acceptors (Lipinski definition) is 2. The van der Waals surface area contributed by atoms with Crippen LogP contribution < -0.4 is 0 Å². The first kappa shape index (κ1) is 19.6.